The normalized spacial score (nSPS) is 15.7. The average Bonchev–Trinajstić information content (AvgIpc) is 2.94. The maximum atomic E-state index is 12.9. The van der Waals surface area contributed by atoms with Crippen LogP contribution < -0.4 is 4.90 Å². The van der Waals surface area contributed by atoms with Crippen molar-refractivity contribution in [2.45, 2.75) is 24.4 Å². The SMILES string of the molecule is CC(=O)N1c2ccccc2C(=O)[C@@H]1Sc1nc(C)cc(-c2ccccc2)n1. The number of rotatable bonds is 3. The molecule has 1 atom stereocenters. The molecule has 27 heavy (non-hydrogen) atoms. The Morgan fingerprint density at radius 1 is 1.04 bits per heavy atom. The lowest BCUT2D eigenvalue weighted by Gasteiger charge is -2.21. The molecule has 1 aliphatic rings. The third kappa shape index (κ3) is 3.24. The van der Waals surface area contributed by atoms with Gasteiger partial charge in [0.2, 0.25) is 5.91 Å². The fourth-order valence-electron chi connectivity index (χ4n) is 3.16. The molecule has 1 aliphatic heterocycles. The number of benzene rings is 2. The van der Waals surface area contributed by atoms with Gasteiger partial charge in [-0.3, -0.25) is 14.5 Å². The summed E-state index contributed by atoms with van der Waals surface area (Å²) in [5, 5.41) is -0.211. The van der Waals surface area contributed by atoms with Crippen molar-refractivity contribution in [1.29, 1.82) is 0 Å². The average molecular weight is 375 g/mol. The van der Waals surface area contributed by atoms with Crippen LogP contribution in [0.2, 0.25) is 0 Å². The van der Waals surface area contributed by atoms with Crippen LogP contribution in [0.1, 0.15) is 23.0 Å². The highest BCUT2D eigenvalue weighted by molar-refractivity contribution is 8.00. The van der Waals surface area contributed by atoms with Gasteiger partial charge in [0.25, 0.3) is 0 Å². The molecule has 0 fully saturated rings. The molecule has 134 valence electrons. The first-order chi connectivity index (χ1) is 13.0. The monoisotopic (exact) mass is 375 g/mol. The standard InChI is InChI=1S/C21H17N3O2S/c1-13-12-17(15-8-4-3-5-9-15)23-21(22-13)27-20-19(26)16-10-6-7-11-18(16)24(20)14(2)25/h3-12,20H,1-2H3/t20-/m0/s1. The van der Waals surface area contributed by atoms with Crippen LogP contribution in [0.4, 0.5) is 5.69 Å². The third-order valence-electron chi connectivity index (χ3n) is 4.35. The number of hydrogen-bond donors (Lipinski definition) is 0. The Balaban J connectivity index is 1.71. The molecule has 0 bridgehead atoms. The molecule has 1 aromatic heterocycles. The summed E-state index contributed by atoms with van der Waals surface area (Å²) in [6.45, 7) is 3.36. The quantitative estimate of drug-likeness (QED) is 0.645. The van der Waals surface area contributed by atoms with Crippen molar-refractivity contribution >= 4 is 29.1 Å². The lowest BCUT2D eigenvalue weighted by molar-refractivity contribution is -0.116. The molecular formula is C21H17N3O2S. The molecule has 2 aromatic carbocycles. The summed E-state index contributed by atoms with van der Waals surface area (Å²) < 4.78 is 0. The summed E-state index contributed by atoms with van der Waals surface area (Å²) >= 11 is 1.21. The smallest absolute Gasteiger partial charge is 0.225 e. The number of aromatic nitrogens is 2. The first kappa shape index (κ1) is 17.4. The number of para-hydroxylation sites is 1. The molecular weight excluding hydrogens is 358 g/mol. The van der Waals surface area contributed by atoms with Gasteiger partial charge in [-0.05, 0) is 25.1 Å². The van der Waals surface area contributed by atoms with E-state index in [1.807, 2.05) is 49.4 Å². The highest BCUT2D eigenvalue weighted by atomic mass is 32.2. The number of hydrogen-bond acceptors (Lipinski definition) is 5. The van der Waals surface area contributed by atoms with E-state index in [9.17, 15) is 9.59 Å². The summed E-state index contributed by atoms with van der Waals surface area (Å²) in [7, 11) is 0. The molecule has 0 radical (unpaired) electrons. The minimum absolute atomic E-state index is 0.0998. The van der Waals surface area contributed by atoms with Gasteiger partial charge < -0.3 is 0 Å². The molecule has 3 aromatic rings. The molecule has 0 aliphatic carbocycles. The van der Waals surface area contributed by atoms with Crippen molar-refractivity contribution in [3.05, 3.63) is 71.9 Å². The van der Waals surface area contributed by atoms with Gasteiger partial charge in [-0.25, -0.2) is 9.97 Å². The maximum absolute atomic E-state index is 12.9. The zero-order valence-corrected chi connectivity index (χ0v) is 15.7. The van der Waals surface area contributed by atoms with Crippen LogP contribution in [0.3, 0.4) is 0 Å². The number of carbonyl (C=O) groups is 2. The van der Waals surface area contributed by atoms with Crippen molar-refractivity contribution in [2.24, 2.45) is 0 Å². The van der Waals surface area contributed by atoms with E-state index in [0.29, 0.717) is 16.4 Å². The second-order valence-corrected chi connectivity index (χ2v) is 7.33. The summed E-state index contributed by atoms with van der Waals surface area (Å²) in [5.41, 5.74) is 3.78. The number of amides is 1. The van der Waals surface area contributed by atoms with Crippen molar-refractivity contribution in [2.75, 3.05) is 4.90 Å². The fourth-order valence-corrected chi connectivity index (χ4v) is 4.31. The van der Waals surface area contributed by atoms with E-state index < -0.39 is 5.37 Å². The summed E-state index contributed by atoms with van der Waals surface area (Å²) in [6.07, 6.45) is 0. The predicted molar refractivity (Wildman–Crippen MR) is 106 cm³/mol. The number of nitrogens with zero attached hydrogens (tertiary/aromatic N) is 3. The second-order valence-electron chi connectivity index (χ2n) is 6.28. The Kier molecular flexibility index (Phi) is 4.49. The number of fused-ring (bicyclic) bond motifs is 1. The highest BCUT2D eigenvalue weighted by Crippen LogP contribution is 2.39. The highest BCUT2D eigenvalue weighted by Gasteiger charge is 2.40. The summed E-state index contributed by atoms with van der Waals surface area (Å²) in [4.78, 5) is 35.7. The predicted octanol–water partition coefficient (Wildman–Crippen LogP) is 4.12. The van der Waals surface area contributed by atoms with Crippen LogP contribution in [-0.2, 0) is 4.79 Å². The van der Waals surface area contributed by atoms with Crippen LogP contribution in [0.15, 0.2) is 65.8 Å². The molecule has 1 amide bonds. The van der Waals surface area contributed by atoms with Crippen LogP contribution in [0, 0.1) is 6.92 Å². The molecule has 0 unspecified atom stereocenters. The van der Waals surface area contributed by atoms with Crippen LogP contribution in [-0.4, -0.2) is 27.0 Å². The lowest BCUT2D eigenvalue weighted by Crippen LogP contribution is -2.36. The van der Waals surface area contributed by atoms with Crippen LogP contribution >= 0.6 is 11.8 Å². The minimum Gasteiger partial charge on any atom is -0.291 e. The van der Waals surface area contributed by atoms with E-state index in [1.165, 1.54) is 23.6 Å². The van der Waals surface area contributed by atoms with Gasteiger partial charge in [0.05, 0.1) is 11.4 Å². The Morgan fingerprint density at radius 3 is 2.48 bits per heavy atom. The van der Waals surface area contributed by atoms with E-state index in [1.54, 1.807) is 18.2 Å². The molecule has 5 nitrogen and oxygen atoms in total. The summed E-state index contributed by atoms with van der Waals surface area (Å²) in [5.74, 6) is -0.279. The largest absolute Gasteiger partial charge is 0.291 e. The Hall–Kier alpha value is -2.99. The van der Waals surface area contributed by atoms with Gasteiger partial charge in [0, 0.05) is 23.7 Å². The minimum atomic E-state index is -0.690. The van der Waals surface area contributed by atoms with Crippen LogP contribution in [0.5, 0.6) is 0 Å². The van der Waals surface area contributed by atoms with Crippen molar-refractivity contribution in [1.82, 2.24) is 9.97 Å². The second kappa shape index (κ2) is 6.96. The fraction of sp³-hybridized carbons (Fsp3) is 0.143. The van der Waals surface area contributed by atoms with E-state index in [4.69, 9.17) is 0 Å². The van der Waals surface area contributed by atoms with E-state index in [2.05, 4.69) is 9.97 Å². The number of aryl methyl sites for hydroxylation is 1. The number of thioether (sulfide) groups is 1. The van der Waals surface area contributed by atoms with Crippen LogP contribution in [0.25, 0.3) is 11.3 Å². The number of Topliss-reactive ketones (excluding diaryl/α,β-unsaturated/α-hetero) is 1. The topological polar surface area (TPSA) is 63.2 Å². The van der Waals surface area contributed by atoms with E-state index in [-0.39, 0.29) is 11.7 Å². The van der Waals surface area contributed by atoms with Crippen molar-refractivity contribution in [3.63, 3.8) is 0 Å². The van der Waals surface area contributed by atoms with Gasteiger partial charge in [-0.2, -0.15) is 0 Å². The van der Waals surface area contributed by atoms with Gasteiger partial charge in [0.15, 0.2) is 16.3 Å². The molecule has 0 spiro atoms. The van der Waals surface area contributed by atoms with Gasteiger partial charge >= 0.3 is 0 Å². The molecule has 0 saturated heterocycles. The Morgan fingerprint density at radius 2 is 1.74 bits per heavy atom. The Bertz CT molecular complexity index is 1040. The number of carbonyl (C=O) groups excluding carboxylic acids is 2. The molecule has 2 heterocycles. The third-order valence-corrected chi connectivity index (χ3v) is 5.39. The van der Waals surface area contributed by atoms with Gasteiger partial charge in [-0.1, -0.05) is 54.2 Å². The molecule has 6 heteroatoms. The molecule has 0 N–H and O–H groups in total. The zero-order valence-electron chi connectivity index (χ0n) is 14.9. The zero-order chi connectivity index (χ0) is 19.0. The van der Waals surface area contributed by atoms with Crippen molar-refractivity contribution < 1.29 is 9.59 Å². The number of ketones is 1. The van der Waals surface area contributed by atoms with Gasteiger partial charge in [-0.15, -0.1) is 0 Å². The number of anilines is 1. The molecule has 0 saturated carbocycles. The van der Waals surface area contributed by atoms with Crippen molar-refractivity contribution in [3.8, 4) is 11.3 Å². The first-order valence-electron chi connectivity index (χ1n) is 8.55. The first-order valence-corrected chi connectivity index (χ1v) is 9.43. The maximum Gasteiger partial charge on any atom is 0.225 e. The van der Waals surface area contributed by atoms with Gasteiger partial charge in [0.1, 0.15) is 0 Å². The van der Waals surface area contributed by atoms with E-state index in [0.717, 1.165) is 17.0 Å². The Labute approximate surface area is 161 Å². The molecule has 4 rings (SSSR count). The summed E-state index contributed by atoms with van der Waals surface area (Å²) in [6, 6.07) is 18.9. The van der Waals surface area contributed by atoms with E-state index >= 15 is 0 Å². The lowest BCUT2D eigenvalue weighted by atomic mass is 10.1.